The van der Waals surface area contributed by atoms with Crippen molar-refractivity contribution in [3.63, 3.8) is 0 Å². The van der Waals surface area contributed by atoms with Gasteiger partial charge in [0.25, 0.3) is 0 Å². The smallest absolute Gasteiger partial charge is 0.250 e. The normalized spacial score (nSPS) is 22.5. The molecule has 0 amide bonds. The summed E-state index contributed by atoms with van der Waals surface area (Å²) < 4.78 is 25.3. The highest BCUT2D eigenvalue weighted by Crippen LogP contribution is 2.40. The molecule has 0 aliphatic carbocycles. The summed E-state index contributed by atoms with van der Waals surface area (Å²) in [6, 6.07) is 13.4. The number of rotatable bonds is 5. The van der Waals surface area contributed by atoms with E-state index >= 15 is 0 Å². The predicted octanol–water partition coefficient (Wildman–Crippen LogP) is 2.89. The summed E-state index contributed by atoms with van der Waals surface area (Å²) in [6.07, 6.45) is 2.50. The lowest BCUT2D eigenvalue weighted by Crippen LogP contribution is -2.64. The maximum Gasteiger partial charge on any atom is 0.250 e. The fraction of sp³-hybridized carbons (Fsp3) is 0.421. The Balaban J connectivity index is 1.34. The van der Waals surface area contributed by atoms with Crippen molar-refractivity contribution in [3.8, 4) is 5.88 Å². The summed E-state index contributed by atoms with van der Waals surface area (Å²) in [5, 5.41) is 0. The minimum atomic E-state index is -0.412. The standard InChI is InChI=1S/C19H21FN2O2/c20-17-7-4-9-21-18(17)23-12-16-8-10-24-19(16)13-22(14-19)11-15-5-2-1-3-6-15/h1-7,9,16H,8,10-14H2/t16-/m1/s1. The third-order valence-electron chi connectivity index (χ3n) is 4.98. The molecule has 24 heavy (non-hydrogen) atoms. The van der Waals surface area contributed by atoms with Crippen LogP contribution < -0.4 is 4.74 Å². The summed E-state index contributed by atoms with van der Waals surface area (Å²) in [5.74, 6) is -0.0456. The third kappa shape index (κ3) is 3.01. The first-order valence-electron chi connectivity index (χ1n) is 8.39. The average Bonchev–Trinajstić information content (AvgIpc) is 2.99. The van der Waals surface area contributed by atoms with E-state index in [9.17, 15) is 4.39 Å². The number of aromatic nitrogens is 1. The van der Waals surface area contributed by atoms with E-state index in [0.717, 1.165) is 32.7 Å². The Morgan fingerprint density at radius 2 is 2.04 bits per heavy atom. The second-order valence-electron chi connectivity index (χ2n) is 6.63. The molecule has 1 spiro atoms. The molecule has 5 heteroatoms. The maximum atomic E-state index is 13.6. The van der Waals surface area contributed by atoms with E-state index in [1.807, 2.05) is 6.07 Å². The molecule has 4 rings (SSSR count). The maximum absolute atomic E-state index is 13.6. The van der Waals surface area contributed by atoms with Crippen LogP contribution in [0.4, 0.5) is 4.39 Å². The van der Waals surface area contributed by atoms with Gasteiger partial charge in [-0.1, -0.05) is 30.3 Å². The first-order valence-corrected chi connectivity index (χ1v) is 8.39. The monoisotopic (exact) mass is 328 g/mol. The van der Waals surface area contributed by atoms with Gasteiger partial charge < -0.3 is 9.47 Å². The molecular weight excluding hydrogens is 307 g/mol. The summed E-state index contributed by atoms with van der Waals surface area (Å²) >= 11 is 0. The van der Waals surface area contributed by atoms with Crippen LogP contribution in [0.5, 0.6) is 5.88 Å². The summed E-state index contributed by atoms with van der Waals surface area (Å²) in [6.45, 7) is 3.95. The van der Waals surface area contributed by atoms with Crippen LogP contribution in [0.15, 0.2) is 48.7 Å². The van der Waals surface area contributed by atoms with E-state index in [4.69, 9.17) is 9.47 Å². The lowest BCUT2D eigenvalue weighted by molar-refractivity contribution is -0.140. The quantitative estimate of drug-likeness (QED) is 0.845. The number of ether oxygens (including phenoxy) is 2. The Bertz CT molecular complexity index is 689. The zero-order valence-electron chi connectivity index (χ0n) is 13.5. The number of likely N-dealkylation sites (tertiary alicyclic amines) is 1. The number of hydrogen-bond donors (Lipinski definition) is 0. The zero-order chi connectivity index (χ0) is 16.4. The van der Waals surface area contributed by atoms with E-state index in [0.29, 0.717) is 6.61 Å². The van der Waals surface area contributed by atoms with Crippen LogP contribution in [0.25, 0.3) is 0 Å². The number of halogens is 1. The van der Waals surface area contributed by atoms with E-state index < -0.39 is 5.82 Å². The molecule has 0 saturated carbocycles. The van der Waals surface area contributed by atoms with Crippen molar-refractivity contribution in [1.82, 2.24) is 9.88 Å². The number of nitrogens with zero attached hydrogens (tertiary/aromatic N) is 2. The molecule has 2 aliphatic rings. The van der Waals surface area contributed by atoms with Crippen LogP contribution >= 0.6 is 0 Å². The lowest BCUT2D eigenvalue weighted by Gasteiger charge is -2.50. The van der Waals surface area contributed by atoms with Crippen LogP contribution in [-0.2, 0) is 11.3 Å². The van der Waals surface area contributed by atoms with E-state index in [-0.39, 0.29) is 17.4 Å². The second kappa shape index (κ2) is 6.49. The molecule has 2 fully saturated rings. The predicted molar refractivity (Wildman–Crippen MR) is 88.2 cm³/mol. The molecule has 0 N–H and O–H groups in total. The minimum Gasteiger partial charge on any atom is -0.475 e. The third-order valence-corrected chi connectivity index (χ3v) is 4.98. The van der Waals surface area contributed by atoms with Crippen molar-refractivity contribution in [3.05, 3.63) is 60.0 Å². The molecule has 2 aliphatic heterocycles. The molecule has 2 saturated heterocycles. The van der Waals surface area contributed by atoms with Gasteiger partial charge in [-0.15, -0.1) is 0 Å². The topological polar surface area (TPSA) is 34.6 Å². The van der Waals surface area contributed by atoms with Gasteiger partial charge in [-0.25, -0.2) is 9.37 Å². The first-order chi connectivity index (χ1) is 11.8. The minimum absolute atomic E-state index is 0.0833. The van der Waals surface area contributed by atoms with Crippen LogP contribution in [0.2, 0.25) is 0 Å². The number of hydrogen-bond acceptors (Lipinski definition) is 4. The largest absolute Gasteiger partial charge is 0.475 e. The Labute approximate surface area is 141 Å². The Kier molecular flexibility index (Phi) is 4.21. The fourth-order valence-electron chi connectivity index (χ4n) is 3.69. The number of pyridine rings is 1. The average molecular weight is 328 g/mol. The van der Waals surface area contributed by atoms with E-state index in [1.165, 1.54) is 11.6 Å². The molecular formula is C19H21FN2O2. The first kappa shape index (κ1) is 15.5. The molecule has 1 aromatic carbocycles. The number of benzene rings is 1. The molecule has 4 nitrogen and oxygen atoms in total. The van der Waals surface area contributed by atoms with Crippen molar-refractivity contribution in [2.45, 2.75) is 18.6 Å². The van der Waals surface area contributed by atoms with Crippen LogP contribution in [0.3, 0.4) is 0 Å². The second-order valence-corrected chi connectivity index (χ2v) is 6.63. The highest BCUT2D eigenvalue weighted by molar-refractivity contribution is 5.17. The highest BCUT2D eigenvalue weighted by Gasteiger charge is 2.53. The molecule has 0 unspecified atom stereocenters. The van der Waals surface area contributed by atoms with Gasteiger partial charge in [-0.05, 0) is 24.1 Å². The molecule has 1 aromatic heterocycles. The Hall–Kier alpha value is -1.98. The summed E-state index contributed by atoms with van der Waals surface area (Å²) in [5.41, 5.74) is 1.17. The van der Waals surface area contributed by atoms with E-state index in [2.05, 4.69) is 34.1 Å². The Morgan fingerprint density at radius 1 is 1.21 bits per heavy atom. The zero-order valence-corrected chi connectivity index (χ0v) is 13.5. The van der Waals surface area contributed by atoms with Crippen molar-refractivity contribution in [2.24, 2.45) is 5.92 Å². The molecule has 2 aromatic rings. The molecule has 1 atom stereocenters. The van der Waals surface area contributed by atoms with Gasteiger partial charge in [0, 0.05) is 38.4 Å². The lowest BCUT2D eigenvalue weighted by atomic mass is 9.81. The van der Waals surface area contributed by atoms with Crippen molar-refractivity contribution in [1.29, 1.82) is 0 Å². The molecule has 3 heterocycles. The van der Waals surface area contributed by atoms with Gasteiger partial charge in [-0.3, -0.25) is 4.90 Å². The Morgan fingerprint density at radius 3 is 2.83 bits per heavy atom. The van der Waals surface area contributed by atoms with Gasteiger partial charge in [0.05, 0.1) is 12.2 Å². The van der Waals surface area contributed by atoms with Crippen molar-refractivity contribution in [2.75, 3.05) is 26.3 Å². The summed E-state index contributed by atoms with van der Waals surface area (Å²) in [7, 11) is 0. The van der Waals surface area contributed by atoms with Gasteiger partial charge in [0.1, 0.15) is 0 Å². The highest BCUT2D eigenvalue weighted by atomic mass is 19.1. The van der Waals surface area contributed by atoms with Gasteiger partial charge in [-0.2, -0.15) is 0 Å². The van der Waals surface area contributed by atoms with Crippen molar-refractivity contribution >= 4 is 0 Å². The van der Waals surface area contributed by atoms with Crippen LogP contribution in [-0.4, -0.2) is 41.8 Å². The van der Waals surface area contributed by atoms with Crippen LogP contribution in [0, 0.1) is 11.7 Å². The van der Waals surface area contributed by atoms with Crippen LogP contribution in [0.1, 0.15) is 12.0 Å². The SMILES string of the molecule is Fc1cccnc1OC[C@H]1CCOC12CN(Cc1ccccc1)C2. The van der Waals surface area contributed by atoms with Gasteiger partial charge in [0.2, 0.25) is 5.88 Å². The summed E-state index contributed by atoms with van der Waals surface area (Å²) in [4.78, 5) is 6.34. The fourth-order valence-corrected chi connectivity index (χ4v) is 3.69. The molecule has 0 radical (unpaired) electrons. The molecule has 126 valence electrons. The van der Waals surface area contributed by atoms with Crippen molar-refractivity contribution < 1.29 is 13.9 Å². The van der Waals surface area contributed by atoms with Gasteiger partial charge >= 0.3 is 0 Å². The van der Waals surface area contributed by atoms with Gasteiger partial charge in [0.15, 0.2) is 5.82 Å². The van der Waals surface area contributed by atoms with E-state index in [1.54, 1.807) is 12.3 Å². The molecule has 0 bridgehead atoms.